The minimum atomic E-state index is 0.0646. The van der Waals surface area contributed by atoms with E-state index in [1.165, 1.54) is 6.92 Å². The van der Waals surface area contributed by atoms with Crippen LogP contribution in [0.2, 0.25) is 0 Å². The molecule has 0 fully saturated rings. The maximum Gasteiger partial charge on any atom is 0.153 e. The summed E-state index contributed by atoms with van der Waals surface area (Å²) in [5.41, 5.74) is 7.21. The van der Waals surface area contributed by atoms with E-state index in [-0.39, 0.29) is 5.78 Å². The first-order valence-electron chi connectivity index (χ1n) is 5.01. The predicted octanol–water partition coefficient (Wildman–Crippen LogP) is 1.75. The second kappa shape index (κ2) is 5.80. The number of carbonyl (C=O) groups excluding carboxylic acids is 1. The van der Waals surface area contributed by atoms with Gasteiger partial charge in [-0.1, -0.05) is 30.3 Å². The fraction of sp³-hybridized carbons (Fsp3) is 0.250. The zero-order chi connectivity index (χ0) is 12.0. The molecule has 0 aliphatic rings. The number of Topliss-reactive ketones (excluding diaryl/α,β-unsaturated/α-hetero) is 1. The summed E-state index contributed by atoms with van der Waals surface area (Å²) in [5, 5.41) is 7.78. The highest BCUT2D eigenvalue weighted by atomic mass is 16.1. The van der Waals surface area contributed by atoms with Crippen molar-refractivity contribution in [2.75, 3.05) is 0 Å². The van der Waals surface area contributed by atoms with Crippen molar-refractivity contribution in [3.05, 3.63) is 35.9 Å². The molecule has 0 aromatic heterocycles. The molecule has 0 aliphatic heterocycles. The number of hydrogen-bond donors (Lipinski definition) is 1. The van der Waals surface area contributed by atoms with Gasteiger partial charge in [0.15, 0.2) is 5.84 Å². The van der Waals surface area contributed by atoms with Gasteiger partial charge in [0, 0.05) is 17.7 Å². The molecule has 0 saturated carbocycles. The first-order valence-corrected chi connectivity index (χ1v) is 5.01. The van der Waals surface area contributed by atoms with Crippen LogP contribution in [0.3, 0.4) is 0 Å². The third-order valence-electron chi connectivity index (χ3n) is 1.90. The van der Waals surface area contributed by atoms with Crippen LogP contribution in [-0.4, -0.2) is 17.3 Å². The summed E-state index contributed by atoms with van der Waals surface area (Å²) in [7, 11) is 0. The minimum Gasteiger partial charge on any atom is -0.382 e. The molecule has 0 aliphatic carbocycles. The largest absolute Gasteiger partial charge is 0.382 e. The Balaban J connectivity index is 2.75. The monoisotopic (exact) mass is 217 g/mol. The molecular weight excluding hydrogens is 202 g/mol. The first-order chi connectivity index (χ1) is 7.59. The lowest BCUT2D eigenvalue weighted by Crippen LogP contribution is -2.12. The molecule has 1 aromatic carbocycles. The summed E-state index contributed by atoms with van der Waals surface area (Å²) in [5.74, 6) is 0.415. The maximum atomic E-state index is 10.8. The standard InChI is InChI=1S/C12H15N3O/c1-9(8-10(2)16)14-15-12(13)11-6-4-3-5-7-11/h3-7H,8H2,1-2H3,(H2,13,15)/b14-9+. The molecule has 0 radical (unpaired) electrons. The molecule has 0 heterocycles. The molecule has 4 heteroatoms. The third-order valence-corrected chi connectivity index (χ3v) is 1.90. The summed E-state index contributed by atoms with van der Waals surface area (Å²) in [6.07, 6.45) is 0.311. The number of ketones is 1. The fourth-order valence-electron chi connectivity index (χ4n) is 1.20. The van der Waals surface area contributed by atoms with Crippen LogP contribution in [0.15, 0.2) is 40.5 Å². The van der Waals surface area contributed by atoms with Crippen LogP contribution in [0.5, 0.6) is 0 Å². The van der Waals surface area contributed by atoms with Gasteiger partial charge in [-0.15, -0.1) is 5.10 Å². The molecule has 1 aromatic rings. The number of benzene rings is 1. The lowest BCUT2D eigenvalue weighted by atomic mass is 10.2. The summed E-state index contributed by atoms with van der Waals surface area (Å²) < 4.78 is 0. The Morgan fingerprint density at radius 1 is 1.19 bits per heavy atom. The predicted molar refractivity (Wildman–Crippen MR) is 65.6 cm³/mol. The highest BCUT2D eigenvalue weighted by molar-refractivity contribution is 6.01. The number of rotatable bonds is 4. The third kappa shape index (κ3) is 4.04. The average molecular weight is 217 g/mol. The van der Waals surface area contributed by atoms with Gasteiger partial charge in [0.25, 0.3) is 0 Å². The van der Waals surface area contributed by atoms with Gasteiger partial charge >= 0.3 is 0 Å². The summed E-state index contributed by atoms with van der Waals surface area (Å²) in [4.78, 5) is 10.8. The minimum absolute atomic E-state index is 0.0646. The van der Waals surface area contributed by atoms with E-state index in [1.54, 1.807) is 6.92 Å². The number of amidine groups is 1. The number of carbonyl (C=O) groups is 1. The molecule has 0 saturated heterocycles. The molecule has 4 nitrogen and oxygen atoms in total. The molecule has 16 heavy (non-hydrogen) atoms. The van der Waals surface area contributed by atoms with Gasteiger partial charge in [0.1, 0.15) is 5.78 Å². The van der Waals surface area contributed by atoms with Gasteiger partial charge in [-0.25, -0.2) is 0 Å². The van der Waals surface area contributed by atoms with Crippen LogP contribution in [0, 0.1) is 0 Å². The average Bonchev–Trinajstić information content (AvgIpc) is 2.26. The normalized spacial score (nSPS) is 12.6. The van der Waals surface area contributed by atoms with Crippen LogP contribution in [0.1, 0.15) is 25.8 Å². The molecular formula is C12H15N3O. The maximum absolute atomic E-state index is 10.8. The van der Waals surface area contributed by atoms with Crippen molar-refractivity contribution >= 4 is 17.3 Å². The van der Waals surface area contributed by atoms with E-state index < -0.39 is 0 Å². The fourth-order valence-corrected chi connectivity index (χ4v) is 1.20. The topological polar surface area (TPSA) is 67.8 Å². The van der Waals surface area contributed by atoms with Gasteiger partial charge in [-0.2, -0.15) is 5.10 Å². The number of hydrogen-bond acceptors (Lipinski definition) is 3. The van der Waals surface area contributed by atoms with Crippen LogP contribution in [-0.2, 0) is 4.79 Å². The highest BCUT2D eigenvalue weighted by Gasteiger charge is 1.98. The Labute approximate surface area is 94.9 Å². The zero-order valence-corrected chi connectivity index (χ0v) is 9.47. The van der Waals surface area contributed by atoms with Crippen LogP contribution in [0.4, 0.5) is 0 Å². The van der Waals surface area contributed by atoms with Crippen molar-refractivity contribution < 1.29 is 4.79 Å². The summed E-state index contributed by atoms with van der Waals surface area (Å²) in [6.45, 7) is 3.27. The molecule has 0 spiro atoms. The van der Waals surface area contributed by atoms with E-state index in [2.05, 4.69) is 10.2 Å². The molecule has 0 unspecified atom stereocenters. The van der Waals surface area contributed by atoms with Gasteiger partial charge < -0.3 is 5.73 Å². The molecule has 0 bridgehead atoms. The quantitative estimate of drug-likeness (QED) is 0.474. The lowest BCUT2D eigenvalue weighted by Gasteiger charge is -1.97. The second-order valence-corrected chi connectivity index (χ2v) is 3.57. The van der Waals surface area contributed by atoms with Gasteiger partial charge in [-0.3, -0.25) is 4.79 Å². The van der Waals surface area contributed by atoms with E-state index >= 15 is 0 Å². The Bertz CT molecular complexity index is 421. The van der Waals surface area contributed by atoms with Gasteiger partial charge in [0.05, 0.1) is 0 Å². The van der Waals surface area contributed by atoms with Crippen molar-refractivity contribution in [3.8, 4) is 0 Å². The molecule has 2 N–H and O–H groups in total. The molecule has 1 rings (SSSR count). The van der Waals surface area contributed by atoms with Crippen molar-refractivity contribution in [1.82, 2.24) is 0 Å². The van der Waals surface area contributed by atoms with E-state index in [0.29, 0.717) is 18.0 Å². The van der Waals surface area contributed by atoms with E-state index in [1.807, 2.05) is 30.3 Å². The van der Waals surface area contributed by atoms with Gasteiger partial charge in [-0.05, 0) is 13.8 Å². The Morgan fingerprint density at radius 3 is 2.38 bits per heavy atom. The van der Waals surface area contributed by atoms with E-state index in [9.17, 15) is 4.79 Å². The Morgan fingerprint density at radius 2 is 1.81 bits per heavy atom. The molecule has 0 amide bonds. The van der Waals surface area contributed by atoms with Crippen molar-refractivity contribution in [2.24, 2.45) is 15.9 Å². The van der Waals surface area contributed by atoms with Crippen LogP contribution < -0.4 is 5.73 Å². The van der Waals surface area contributed by atoms with E-state index in [4.69, 9.17) is 5.73 Å². The SMILES string of the molecule is CC(=O)C/C(C)=N/N=C(/N)c1ccccc1. The Kier molecular flexibility index (Phi) is 4.39. The lowest BCUT2D eigenvalue weighted by molar-refractivity contribution is -0.115. The second-order valence-electron chi connectivity index (χ2n) is 3.57. The van der Waals surface area contributed by atoms with E-state index in [0.717, 1.165) is 5.56 Å². The molecule has 0 atom stereocenters. The summed E-state index contributed by atoms with van der Waals surface area (Å²) >= 11 is 0. The van der Waals surface area contributed by atoms with Crippen molar-refractivity contribution in [2.45, 2.75) is 20.3 Å². The number of nitrogens with zero attached hydrogens (tertiary/aromatic N) is 2. The summed E-state index contributed by atoms with van der Waals surface area (Å²) in [6, 6.07) is 9.37. The first kappa shape index (κ1) is 12.1. The smallest absolute Gasteiger partial charge is 0.153 e. The van der Waals surface area contributed by atoms with Crippen molar-refractivity contribution in [1.29, 1.82) is 0 Å². The number of nitrogens with two attached hydrogens (primary N) is 1. The highest BCUT2D eigenvalue weighted by Crippen LogP contribution is 1.98. The zero-order valence-electron chi connectivity index (χ0n) is 9.47. The van der Waals surface area contributed by atoms with Crippen molar-refractivity contribution in [3.63, 3.8) is 0 Å². The Hall–Kier alpha value is -1.97. The van der Waals surface area contributed by atoms with Gasteiger partial charge in [0.2, 0.25) is 0 Å². The van der Waals surface area contributed by atoms with Crippen LogP contribution >= 0.6 is 0 Å². The molecule has 84 valence electrons. The van der Waals surface area contributed by atoms with Crippen LogP contribution in [0.25, 0.3) is 0 Å².